The molecular formula is C24H17F3N2OS. The fourth-order valence-electron chi connectivity index (χ4n) is 3.25. The summed E-state index contributed by atoms with van der Waals surface area (Å²) in [7, 11) is 0. The molecule has 0 saturated heterocycles. The molecule has 0 atom stereocenters. The first-order valence-corrected chi connectivity index (χ1v) is 10.3. The van der Waals surface area contributed by atoms with Crippen LogP contribution in [0, 0.1) is 0 Å². The van der Waals surface area contributed by atoms with Crippen molar-refractivity contribution in [1.82, 2.24) is 4.98 Å². The molecule has 0 radical (unpaired) electrons. The topological polar surface area (TPSA) is 42.0 Å². The zero-order chi connectivity index (χ0) is 21.8. The van der Waals surface area contributed by atoms with Crippen molar-refractivity contribution in [2.75, 3.05) is 5.32 Å². The van der Waals surface area contributed by atoms with Gasteiger partial charge in [-0.15, -0.1) is 0 Å². The fourth-order valence-corrected chi connectivity index (χ4v) is 4.08. The van der Waals surface area contributed by atoms with Gasteiger partial charge < -0.3 is 5.32 Å². The third kappa shape index (κ3) is 4.83. The number of aromatic nitrogens is 1. The Labute approximate surface area is 181 Å². The number of thiazole rings is 1. The summed E-state index contributed by atoms with van der Waals surface area (Å²) in [6.07, 6.45) is -2.84. The molecule has 3 aromatic carbocycles. The largest absolute Gasteiger partial charge is 0.416 e. The van der Waals surface area contributed by atoms with Crippen molar-refractivity contribution in [2.45, 2.75) is 12.1 Å². The quantitative estimate of drug-likeness (QED) is 0.381. The maximum absolute atomic E-state index is 13.1. The van der Waals surface area contributed by atoms with Crippen LogP contribution >= 0.6 is 11.3 Å². The summed E-state index contributed by atoms with van der Waals surface area (Å²) in [5.41, 5.74) is 1.60. The smallest absolute Gasteiger partial charge is 0.301 e. The first kappa shape index (κ1) is 20.8. The molecule has 0 spiro atoms. The summed E-state index contributed by atoms with van der Waals surface area (Å²) < 4.78 is 38.3. The summed E-state index contributed by atoms with van der Waals surface area (Å²) in [4.78, 5) is 18.0. The van der Waals surface area contributed by atoms with E-state index < -0.39 is 17.7 Å². The molecule has 1 aromatic heterocycles. The monoisotopic (exact) mass is 438 g/mol. The van der Waals surface area contributed by atoms with Crippen molar-refractivity contribution >= 4 is 22.4 Å². The van der Waals surface area contributed by atoms with E-state index in [9.17, 15) is 18.0 Å². The second kappa shape index (κ2) is 8.73. The first-order valence-electron chi connectivity index (χ1n) is 9.46. The molecule has 0 fully saturated rings. The van der Waals surface area contributed by atoms with Gasteiger partial charge in [0.2, 0.25) is 5.91 Å². The minimum Gasteiger partial charge on any atom is -0.301 e. The summed E-state index contributed by atoms with van der Waals surface area (Å²) in [6.45, 7) is 0. The van der Waals surface area contributed by atoms with Gasteiger partial charge in [0.05, 0.1) is 16.4 Å². The maximum atomic E-state index is 13.1. The Morgan fingerprint density at radius 3 is 1.90 bits per heavy atom. The van der Waals surface area contributed by atoms with Crippen LogP contribution in [-0.4, -0.2) is 10.9 Å². The predicted octanol–water partition coefficient (Wildman–Crippen LogP) is 6.60. The SMILES string of the molecule is O=C(Nc1ncc(-c2ccc(C(F)(F)F)cc2)s1)C(c1ccccc1)c1ccccc1. The summed E-state index contributed by atoms with van der Waals surface area (Å²) in [6, 6.07) is 23.8. The van der Waals surface area contributed by atoms with Crippen LogP contribution in [0.4, 0.5) is 18.3 Å². The Morgan fingerprint density at radius 1 is 0.839 bits per heavy atom. The van der Waals surface area contributed by atoms with Crippen molar-refractivity contribution < 1.29 is 18.0 Å². The number of carbonyl (C=O) groups is 1. The Bertz CT molecular complexity index is 1120. The summed E-state index contributed by atoms with van der Waals surface area (Å²) >= 11 is 1.21. The number of hydrogen-bond acceptors (Lipinski definition) is 3. The molecule has 0 unspecified atom stereocenters. The van der Waals surface area contributed by atoms with E-state index in [4.69, 9.17) is 0 Å². The third-order valence-corrected chi connectivity index (χ3v) is 5.72. The highest BCUT2D eigenvalue weighted by molar-refractivity contribution is 7.19. The number of anilines is 1. The van der Waals surface area contributed by atoms with Crippen LogP contribution < -0.4 is 5.32 Å². The first-order chi connectivity index (χ1) is 14.9. The molecular weight excluding hydrogens is 421 g/mol. The number of nitrogens with one attached hydrogen (secondary N) is 1. The molecule has 0 bridgehead atoms. The van der Waals surface area contributed by atoms with Gasteiger partial charge in [-0.25, -0.2) is 4.98 Å². The van der Waals surface area contributed by atoms with Crippen LogP contribution in [0.1, 0.15) is 22.6 Å². The lowest BCUT2D eigenvalue weighted by atomic mass is 9.90. The summed E-state index contributed by atoms with van der Waals surface area (Å²) in [5.74, 6) is -0.744. The van der Waals surface area contributed by atoms with Gasteiger partial charge in [0.15, 0.2) is 5.13 Å². The Kier molecular flexibility index (Phi) is 5.86. The standard InChI is InChI=1S/C24H17F3N2OS/c25-24(26,27)19-13-11-16(12-14-19)20-15-28-23(31-20)29-22(30)21(17-7-3-1-4-8-17)18-9-5-2-6-10-18/h1-15,21H,(H,28,29,30). The van der Waals surface area contributed by atoms with Gasteiger partial charge in [-0.1, -0.05) is 84.1 Å². The molecule has 1 heterocycles. The van der Waals surface area contributed by atoms with Gasteiger partial charge in [-0.2, -0.15) is 13.2 Å². The van der Waals surface area contributed by atoms with E-state index in [-0.39, 0.29) is 5.91 Å². The average molecular weight is 438 g/mol. The summed E-state index contributed by atoms with van der Waals surface area (Å²) in [5, 5.41) is 3.24. The maximum Gasteiger partial charge on any atom is 0.416 e. The van der Waals surface area contributed by atoms with Crippen LogP contribution in [0.15, 0.2) is 91.1 Å². The lowest BCUT2D eigenvalue weighted by molar-refractivity contribution is -0.137. The van der Waals surface area contributed by atoms with Gasteiger partial charge in [0.1, 0.15) is 0 Å². The van der Waals surface area contributed by atoms with Crippen LogP contribution in [0.3, 0.4) is 0 Å². The second-order valence-corrected chi connectivity index (χ2v) is 7.88. The second-order valence-electron chi connectivity index (χ2n) is 6.85. The minimum absolute atomic E-state index is 0.231. The average Bonchev–Trinajstić information content (AvgIpc) is 3.23. The number of amides is 1. The molecule has 4 rings (SSSR count). The van der Waals surface area contributed by atoms with E-state index in [1.54, 1.807) is 6.20 Å². The molecule has 1 amide bonds. The number of nitrogens with zero attached hydrogens (tertiary/aromatic N) is 1. The van der Waals surface area contributed by atoms with Gasteiger partial charge in [0.25, 0.3) is 0 Å². The van der Waals surface area contributed by atoms with Crippen LogP contribution in [0.5, 0.6) is 0 Å². The van der Waals surface area contributed by atoms with E-state index in [1.807, 2.05) is 60.7 Å². The fraction of sp³-hybridized carbons (Fsp3) is 0.0833. The number of carbonyl (C=O) groups excluding carboxylic acids is 1. The number of hydrogen-bond donors (Lipinski definition) is 1. The number of rotatable bonds is 5. The van der Waals surface area contributed by atoms with E-state index in [0.29, 0.717) is 15.6 Å². The molecule has 1 N–H and O–H groups in total. The molecule has 156 valence electrons. The van der Waals surface area contributed by atoms with Gasteiger partial charge >= 0.3 is 6.18 Å². The lowest BCUT2D eigenvalue weighted by Gasteiger charge is -2.17. The van der Waals surface area contributed by atoms with Crippen molar-refractivity contribution in [2.24, 2.45) is 0 Å². The third-order valence-electron chi connectivity index (χ3n) is 4.76. The Hall–Kier alpha value is -3.45. The van der Waals surface area contributed by atoms with Crippen LogP contribution in [0.2, 0.25) is 0 Å². The molecule has 7 heteroatoms. The van der Waals surface area contributed by atoms with Gasteiger partial charge in [-0.3, -0.25) is 4.79 Å². The zero-order valence-electron chi connectivity index (χ0n) is 16.1. The van der Waals surface area contributed by atoms with Gasteiger partial charge in [0, 0.05) is 6.20 Å². The molecule has 0 aliphatic carbocycles. The van der Waals surface area contributed by atoms with E-state index >= 15 is 0 Å². The van der Waals surface area contributed by atoms with Crippen molar-refractivity contribution in [1.29, 1.82) is 0 Å². The highest BCUT2D eigenvalue weighted by Crippen LogP contribution is 2.34. The molecule has 0 aliphatic heterocycles. The minimum atomic E-state index is -4.38. The van der Waals surface area contributed by atoms with Crippen LogP contribution in [0.25, 0.3) is 10.4 Å². The van der Waals surface area contributed by atoms with Crippen molar-refractivity contribution in [3.63, 3.8) is 0 Å². The van der Waals surface area contributed by atoms with Crippen LogP contribution in [-0.2, 0) is 11.0 Å². The zero-order valence-corrected chi connectivity index (χ0v) is 17.0. The number of benzene rings is 3. The van der Waals surface area contributed by atoms with E-state index in [2.05, 4.69) is 10.3 Å². The normalized spacial score (nSPS) is 11.5. The molecule has 0 saturated carbocycles. The highest BCUT2D eigenvalue weighted by Gasteiger charge is 2.30. The Morgan fingerprint density at radius 2 is 1.39 bits per heavy atom. The molecule has 3 nitrogen and oxygen atoms in total. The van der Waals surface area contributed by atoms with Crippen molar-refractivity contribution in [3.8, 4) is 10.4 Å². The van der Waals surface area contributed by atoms with Crippen molar-refractivity contribution in [3.05, 3.63) is 108 Å². The predicted molar refractivity (Wildman–Crippen MR) is 116 cm³/mol. The van der Waals surface area contributed by atoms with E-state index in [1.165, 1.54) is 23.5 Å². The lowest BCUT2D eigenvalue weighted by Crippen LogP contribution is -2.22. The molecule has 0 aliphatic rings. The van der Waals surface area contributed by atoms with E-state index in [0.717, 1.165) is 23.3 Å². The molecule has 4 aromatic rings. The number of halogens is 3. The van der Waals surface area contributed by atoms with Gasteiger partial charge in [-0.05, 0) is 28.8 Å². The Balaban J connectivity index is 1.56. The number of alkyl halides is 3. The molecule has 31 heavy (non-hydrogen) atoms. The highest BCUT2D eigenvalue weighted by atomic mass is 32.1.